The summed E-state index contributed by atoms with van der Waals surface area (Å²) >= 11 is 1.84. The number of rotatable bonds is 8. The molecule has 44 heavy (non-hydrogen) atoms. The molecule has 3 aromatic carbocycles. The van der Waals surface area contributed by atoms with Gasteiger partial charge >= 0.3 is 0 Å². The fourth-order valence-corrected chi connectivity index (χ4v) is 6.78. The minimum Gasteiger partial charge on any atom is -0.399 e. The molecule has 4 heteroatoms. The topological polar surface area (TPSA) is 57.0 Å². The predicted octanol–water partition coefficient (Wildman–Crippen LogP) is 10.5. The van der Waals surface area contributed by atoms with Crippen LogP contribution in [0, 0.1) is 0 Å². The van der Waals surface area contributed by atoms with Crippen LogP contribution in [-0.2, 0) is 0 Å². The van der Waals surface area contributed by atoms with Gasteiger partial charge in [0.25, 0.3) is 0 Å². The molecule has 0 spiro atoms. The van der Waals surface area contributed by atoms with E-state index in [9.17, 15) is 0 Å². The van der Waals surface area contributed by atoms with Crippen LogP contribution < -0.4 is 11.5 Å². The summed E-state index contributed by atoms with van der Waals surface area (Å²) in [6.07, 6.45) is 22.8. The molecule has 224 valence electrons. The second-order valence-electron chi connectivity index (χ2n) is 9.94. The first-order valence-electron chi connectivity index (χ1n) is 15.2. The zero-order valence-corrected chi connectivity index (χ0v) is 26.9. The van der Waals surface area contributed by atoms with Crippen molar-refractivity contribution in [2.75, 3.05) is 7.05 Å². The Bertz CT molecular complexity index is 1810. The lowest BCUT2D eigenvalue weighted by molar-refractivity contribution is 0.885. The highest BCUT2D eigenvalue weighted by molar-refractivity contribution is 8.10. The Morgan fingerprint density at radius 2 is 1.55 bits per heavy atom. The maximum Gasteiger partial charge on any atom is 0.0681 e. The summed E-state index contributed by atoms with van der Waals surface area (Å²) in [5.74, 6) is -0.00751. The van der Waals surface area contributed by atoms with Gasteiger partial charge in [0.2, 0.25) is 0 Å². The van der Waals surface area contributed by atoms with Gasteiger partial charge in [-0.15, -0.1) is 0 Å². The second kappa shape index (κ2) is 15.8. The van der Waals surface area contributed by atoms with Gasteiger partial charge < -0.3 is 16.0 Å². The molecule has 3 nitrogen and oxygen atoms in total. The van der Waals surface area contributed by atoms with Crippen LogP contribution in [0.3, 0.4) is 0 Å². The van der Waals surface area contributed by atoms with Crippen LogP contribution in [0.4, 0.5) is 0 Å². The molecule has 0 amide bonds. The van der Waals surface area contributed by atoms with E-state index in [1.807, 2.05) is 43.8 Å². The number of thioether (sulfide) groups is 1. The lowest BCUT2D eigenvalue weighted by Crippen LogP contribution is -2.14. The van der Waals surface area contributed by atoms with E-state index in [0.29, 0.717) is 0 Å². The standard InChI is InChI=1S/C37H32N2S.C2H6.CH5N/c1-3-5-8-22-34-31-24-23-29-28-18-12-14-21-33(28)39(36(29)37(31)40-34)25-27(15-6-4-2)35(26-16-9-7-10-17-26)30-19-11-13-20-32(30)38;2*1-2/h3-10,12,14-25,35H,1-2,11,13,38H2;1-2H3;2H2,1H3/b8-5-,15-6-,27-25+,34-22-;;. The van der Waals surface area contributed by atoms with Gasteiger partial charge in [-0.3, -0.25) is 0 Å². The Morgan fingerprint density at radius 1 is 0.841 bits per heavy atom. The molecule has 2 heterocycles. The van der Waals surface area contributed by atoms with E-state index in [4.69, 9.17) is 5.73 Å². The summed E-state index contributed by atoms with van der Waals surface area (Å²) in [4.78, 5) is 2.58. The van der Waals surface area contributed by atoms with E-state index < -0.39 is 0 Å². The van der Waals surface area contributed by atoms with Crippen molar-refractivity contribution < 1.29 is 0 Å². The fraction of sp³-hybridized carbons (Fsp3) is 0.150. The molecule has 2 aliphatic rings. The summed E-state index contributed by atoms with van der Waals surface area (Å²) < 4.78 is 2.38. The number of nitrogens with zero attached hydrogens (tertiary/aromatic N) is 1. The monoisotopic (exact) mass is 597 g/mol. The molecule has 0 fully saturated rings. The van der Waals surface area contributed by atoms with Gasteiger partial charge in [0, 0.05) is 44.0 Å². The van der Waals surface area contributed by atoms with Gasteiger partial charge in [0.15, 0.2) is 0 Å². The SMILES string of the molecule is C=C/C=C\C=C1/Sc2c1ccc1c3ccccc3n(/C=C(\C=C/C=C)C(C3=CCCC=C3N)c3ccccc3)c21.CC.CN. The van der Waals surface area contributed by atoms with Crippen molar-refractivity contribution in [2.45, 2.75) is 37.5 Å². The lowest BCUT2D eigenvalue weighted by atomic mass is 9.81. The Hall–Kier alpha value is -4.51. The zero-order valence-electron chi connectivity index (χ0n) is 26.0. The Labute approximate surface area is 267 Å². The van der Waals surface area contributed by atoms with Crippen molar-refractivity contribution >= 4 is 44.7 Å². The summed E-state index contributed by atoms with van der Waals surface area (Å²) in [5.41, 5.74) is 19.3. The lowest BCUT2D eigenvalue weighted by Gasteiger charge is -2.26. The zero-order chi connectivity index (χ0) is 31.5. The van der Waals surface area contributed by atoms with Crippen LogP contribution in [0.5, 0.6) is 0 Å². The largest absolute Gasteiger partial charge is 0.399 e. The highest BCUT2D eigenvalue weighted by Gasteiger charge is 2.28. The molecule has 1 aliphatic carbocycles. The van der Waals surface area contributed by atoms with E-state index >= 15 is 0 Å². The van der Waals surface area contributed by atoms with Crippen LogP contribution in [-0.4, -0.2) is 11.6 Å². The fourth-order valence-electron chi connectivity index (χ4n) is 5.69. The summed E-state index contributed by atoms with van der Waals surface area (Å²) in [6, 6.07) is 23.9. The number of aromatic nitrogens is 1. The molecule has 1 aromatic heterocycles. The molecular weight excluding hydrogens is 555 g/mol. The van der Waals surface area contributed by atoms with Crippen molar-refractivity contribution in [3.05, 3.63) is 163 Å². The molecule has 0 saturated carbocycles. The van der Waals surface area contributed by atoms with Crippen LogP contribution >= 0.6 is 11.8 Å². The second-order valence-corrected chi connectivity index (χ2v) is 11.0. The van der Waals surface area contributed by atoms with Crippen molar-refractivity contribution in [2.24, 2.45) is 11.5 Å². The number of nitrogens with two attached hydrogens (primary N) is 2. The predicted molar refractivity (Wildman–Crippen MR) is 196 cm³/mol. The van der Waals surface area contributed by atoms with E-state index in [1.165, 1.54) is 55.4 Å². The third-order valence-electron chi connectivity index (χ3n) is 7.51. The molecular formula is C40H43N3S. The van der Waals surface area contributed by atoms with Crippen molar-refractivity contribution in [1.82, 2.24) is 4.57 Å². The quantitative estimate of drug-likeness (QED) is 0.199. The summed E-state index contributed by atoms with van der Waals surface area (Å²) in [6.45, 7) is 11.8. The third-order valence-corrected chi connectivity index (χ3v) is 8.70. The molecule has 4 aromatic rings. The van der Waals surface area contributed by atoms with Gasteiger partial charge in [-0.05, 0) is 48.7 Å². The van der Waals surface area contributed by atoms with E-state index in [-0.39, 0.29) is 5.92 Å². The van der Waals surface area contributed by atoms with E-state index in [0.717, 1.165) is 24.1 Å². The first-order chi connectivity index (χ1) is 21.7. The smallest absolute Gasteiger partial charge is 0.0681 e. The number of hydrogen-bond acceptors (Lipinski definition) is 3. The van der Waals surface area contributed by atoms with Crippen LogP contribution in [0.1, 0.15) is 43.7 Å². The summed E-state index contributed by atoms with van der Waals surface area (Å²) in [7, 11) is 1.50. The highest BCUT2D eigenvalue weighted by Crippen LogP contribution is 2.53. The van der Waals surface area contributed by atoms with E-state index in [2.05, 4.69) is 127 Å². The normalized spacial score (nSPS) is 15.9. The number of fused-ring (bicyclic) bond motifs is 5. The minimum absolute atomic E-state index is 0.00751. The van der Waals surface area contributed by atoms with Crippen molar-refractivity contribution in [1.29, 1.82) is 0 Å². The first kappa shape index (κ1) is 32.4. The number of benzene rings is 3. The van der Waals surface area contributed by atoms with Gasteiger partial charge in [-0.25, -0.2) is 0 Å². The number of allylic oxidation sites excluding steroid dienone is 11. The van der Waals surface area contributed by atoms with Crippen LogP contribution in [0.15, 0.2) is 156 Å². The molecule has 6 rings (SSSR count). The van der Waals surface area contributed by atoms with Gasteiger partial charge in [-0.1, -0.05) is 148 Å². The van der Waals surface area contributed by atoms with Crippen molar-refractivity contribution in [3.8, 4) is 0 Å². The minimum atomic E-state index is -0.00751. The van der Waals surface area contributed by atoms with E-state index in [1.54, 1.807) is 6.08 Å². The average molecular weight is 598 g/mol. The van der Waals surface area contributed by atoms with Crippen molar-refractivity contribution in [3.63, 3.8) is 0 Å². The molecule has 1 unspecified atom stereocenters. The van der Waals surface area contributed by atoms with Crippen LogP contribution in [0.2, 0.25) is 0 Å². The van der Waals surface area contributed by atoms with Gasteiger partial charge in [0.1, 0.15) is 0 Å². The molecule has 0 bridgehead atoms. The number of para-hydroxylation sites is 1. The Morgan fingerprint density at radius 3 is 2.27 bits per heavy atom. The average Bonchev–Trinajstić information content (AvgIpc) is 3.37. The maximum absolute atomic E-state index is 6.65. The molecule has 0 saturated heterocycles. The van der Waals surface area contributed by atoms with Crippen LogP contribution in [0.25, 0.3) is 32.9 Å². The first-order valence-corrected chi connectivity index (χ1v) is 16.1. The molecule has 1 aliphatic heterocycles. The molecule has 1 atom stereocenters. The molecule has 4 N–H and O–H groups in total. The number of hydrogen-bond donors (Lipinski definition) is 2. The molecule has 0 radical (unpaired) electrons. The Kier molecular flexibility index (Phi) is 11.6. The highest BCUT2D eigenvalue weighted by atomic mass is 32.2. The third kappa shape index (κ3) is 6.52. The van der Waals surface area contributed by atoms with Gasteiger partial charge in [-0.2, -0.15) is 0 Å². The maximum atomic E-state index is 6.65. The van der Waals surface area contributed by atoms with Gasteiger partial charge in [0.05, 0.1) is 11.0 Å². The Balaban J connectivity index is 0.00000106. The summed E-state index contributed by atoms with van der Waals surface area (Å²) in [5, 5.41) is 2.51.